The molecule has 4 nitrogen and oxygen atoms in total. The van der Waals surface area contributed by atoms with E-state index in [0.717, 1.165) is 15.6 Å². The number of rotatable bonds is 6. The van der Waals surface area contributed by atoms with E-state index >= 15 is 0 Å². The van der Waals surface area contributed by atoms with Crippen LogP contribution in [0.3, 0.4) is 0 Å². The molecular formula is C104H82BBrN2O2. The molecule has 0 radical (unpaired) electrons. The Morgan fingerprint density at radius 1 is 0.227 bits per heavy atom. The summed E-state index contributed by atoms with van der Waals surface area (Å²) in [5, 5.41) is 15.5. The first-order valence-electron chi connectivity index (χ1n) is 37.2. The van der Waals surface area contributed by atoms with Crippen molar-refractivity contribution in [3.05, 3.63) is 381 Å². The van der Waals surface area contributed by atoms with Crippen LogP contribution >= 0.6 is 15.9 Å². The fourth-order valence-corrected chi connectivity index (χ4v) is 17.0. The monoisotopic (exact) mass is 1480 g/mol. The Kier molecular flexibility index (Phi) is 18.6. The minimum atomic E-state index is -0.361. The van der Waals surface area contributed by atoms with Gasteiger partial charge >= 0.3 is 7.12 Å². The number of para-hydroxylation sites is 6. The summed E-state index contributed by atoms with van der Waals surface area (Å²) in [5.74, 6) is 0. The van der Waals surface area contributed by atoms with Gasteiger partial charge in [0, 0.05) is 38.1 Å². The molecule has 0 aliphatic carbocycles. The summed E-state index contributed by atoms with van der Waals surface area (Å²) >= 11 is 3.65. The molecule has 0 atom stereocenters. The molecular weight excluding hydrogens is 1400 g/mol. The smallest absolute Gasteiger partial charge is 0.399 e. The maximum absolute atomic E-state index is 6.29. The van der Waals surface area contributed by atoms with E-state index < -0.39 is 0 Å². The Bertz CT molecular complexity index is 6480. The van der Waals surface area contributed by atoms with Crippen molar-refractivity contribution in [3.63, 3.8) is 0 Å². The van der Waals surface area contributed by atoms with Crippen molar-refractivity contribution in [1.82, 2.24) is 0 Å². The first kappa shape index (κ1) is 70.6. The molecule has 0 bridgehead atoms. The molecule has 6 heteroatoms. The summed E-state index contributed by atoms with van der Waals surface area (Å²) in [7, 11) is -0.361. The average Bonchev–Trinajstić information content (AvgIpc) is 0.884. The van der Waals surface area contributed by atoms with Crippen molar-refractivity contribution < 1.29 is 9.31 Å². The van der Waals surface area contributed by atoms with E-state index in [1.54, 1.807) is 0 Å². The summed E-state index contributed by atoms with van der Waals surface area (Å²) in [4.78, 5) is 4.76. The molecule has 0 aromatic heterocycles. The van der Waals surface area contributed by atoms with Gasteiger partial charge in [-0.15, -0.1) is 0 Å². The molecule has 530 valence electrons. The van der Waals surface area contributed by atoms with Gasteiger partial charge in [0.2, 0.25) is 0 Å². The molecule has 21 rings (SSSR count). The molecule has 18 aromatic rings. The van der Waals surface area contributed by atoms with E-state index in [1.807, 2.05) is 0 Å². The largest absolute Gasteiger partial charge is 0.494 e. The predicted octanol–water partition coefficient (Wildman–Crippen LogP) is 29.5. The SMILES string of the molecule is Brc1ccc2c(c1)-c1ccccc1N(c1ccccc1)c1ccccc1-2.C.C.CC1(C)OB(c2cccc(-c3ccc4c5ccccc5c5ccccc5c4c3)c2)OC1(C)C.c1ccc(N2c3ccccc3-c3ccc(-c4cccc(-c5ccc6c7ccccc7c7ccccc7c6c5)c4)cc3-c3ccccc32)cc1. The second-order valence-corrected chi connectivity index (χ2v) is 30.3. The van der Waals surface area contributed by atoms with Crippen LogP contribution in [0, 0.1) is 0 Å². The zero-order chi connectivity index (χ0) is 72.6. The van der Waals surface area contributed by atoms with Crippen molar-refractivity contribution in [2.75, 3.05) is 9.80 Å². The number of benzene rings is 18. The van der Waals surface area contributed by atoms with Gasteiger partial charge in [-0.25, -0.2) is 0 Å². The van der Waals surface area contributed by atoms with Crippen LogP contribution in [0.1, 0.15) is 42.5 Å². The molecule has 0 N–H and O–H groups in total. The molecule has 3 aliphatic rings. The minimum absolute atomic E-state index is 0. The Morgan fingerprint density at radius 3 is 0.927 bits per heavy atom. The Labute approximate surface area is 654 Å². The average molecular weight is 1480 g/mol. The van der Waals surface area contributed by atoms with Gasteiger partial charge < -0.3 is 19.1 Å². The van der Waals surface area contributed by atoms with Crippen molar-refractivity contribution >= 4 is 127 Å². The van der Waals surface area contributed by atoms with E-state index in [9.17, 15) is 0 Å². The van der Waals surface area contributed by atoms with Crippen LogP contribution in [0.4, 0.5) is 34.1 Å². The molecule has 18 aromatic carbocycles. The molecule has 3 heterocycles. The fraction of sp³-hybridized carbons (Fsp3) is 0.0769. The van der Waals surface area contributed by atoms with Crippen molar-refractivity contribution in [2.24, 2.45) is 0 Å². The zero-order valence-electron chi connectivity index (χ0n) is 60.5. The van der Waals surface area contributed by atoms with Gasteiger partial charge in [-0.3, -0.25) is 0 Å². The third-order valence-electron chi connectivity index (χ3n) is 22.5. The molecule has 0 amide bonds. The van der Waals surface area contributed by atoms with Crippen molar-refractivity contribution in [3.8, 4) is 77.9 Å². The number of halogens is 1. The van der Waals surface area contributed by atoms with Crippen LogP contribution in [-0.2, 0) is 9.31 Å². The molecule has 0 spiro atoms. The maximum atomic E-state index is 6.29. The predicted molar refractivity (Wildman–Crippen MR) is 476 cm³/mol. The van der Waals surface area contributed by atoms with Crippen LogP contribution in [0.5, 0.6) is 0 Å². The number of nitrogens with zero attached hydrogens (tertiary/aromatic N) is 2. The quantitative estimate of drug-likeness (QED) is 0.122. The van der Waals surface area contributed by atoms with Gasteiger partial charge in [0.1, 0.15) is 0 Å². The van der Waals surface area contributed by atoms with Crippen molar-refractivity contribution in [2.45, 2.75) is 53.8 Å². The number of hydrogen-bond donors (Lipinski definition) is 0. The lowest BCUT2D eigenvalue weighted by Crippen LogP contribution is -2.41. The second kappa shape index (κ2) is 29.0. The second-order valence-electron chi connectivity index (χ2n) is 29.4. The molecule has 1 fully saturated rings. The molecule has 0 saturated carbocycles. The van der Waals surface area contributed by atoms with Crippen molar-refractivity contribution in [1.29, 1.82) is 0 Å². The summed E-state index contributed by atoms with van der Waals surface area (Å²) in [6.07, 6.45) is 0. The number of anilines is 6. The van der Waals surface area contributed by atoms with E-state index in [2.05, 4.69) is 430 Å². The topological polar surface area (TPSA) is 24.9 Å². The van der Waals surface area contributed by atoms with Gasteiger partial charge in [-0.1, -0.05) is 322 Å². The van der Waals surface area contributed by atoms with Crippen LogP contribution < -0.4 is 15.3 Å². The fourth-order valence-electron chi connectivity index (χ4n) is 16.6. The molecule has 3 aliphatic heterocycles. The first-order valence-corrected chi connectivity index (χ1v) is 38.0. The maximum Gasteiger partial charge on any atom is 0.494 e. The first-order chi connectivity index (χ1) is 53.0. The molecule has 0 unspecified atom stereocenters. The van der Waals surface area contributed by atoms with Gasteiger partial charge in [0.15, 0.2) is 0 Å². The Hall–Kier alpha value is -12.4. The standard InChI is InChI=1S/C48H31N.C30H27BO2.C24H16BrN.2CH4/c1-2-15-36(16-3-1)49-47-23-10-8-21-43(47)42-28-26-35(31-46(42)44-22-9-11-24-48(44)49)33-14-12-13-32(29-33)34-25-27-41-39-19-5-4-17-37(39)38-18-6-7-20-40(38)45(41)30-34;1-29(2)30(3,4)33-31(32-29)22-11-9-10-20(18-22)21-16-17-27-25-14-6-5-12-23(25)24-13-7-8-15-26(24)28(27)19-21;25-17-14-15-19-20-10-4-6-12-23(20)26(18-8-2-1-3-9-18)24-13-7-5-11-21(24)22(19)16-17;;/h1-31H;5-19H,1-4H3;1-16H;2*1H4. The van der Waals surface area contributed by atoms with E-state index in [4.69, 9.17) is 9.31 Å². The zero-order valence-corrected chi connectivity index (χ0v) is 62.0. The number of fused-ring (bicyclic) bond motifs is 22. The highest BCUT2D eigenvalue weighted by Gasteiger charge is 2.51. The summed E-state index contributed by atoms with van der Waals surface area (Å²) in [6, 6.07) is 136. The highest BCUT2D eigenvalue weighted by atomic mass is 79.9. The van der Waals surface area contributed by atoms with Gasteiger partial charge in [0.05, 0.1) is 34.0 Å². The third kappa shape index (κ3) is 12.4. The van der Waals surface area contributed by atoms with Gasteiger partial charge in [0.25, 0.3) is 0 Å². The normalized spacial score (nSPS) is 13.4. The van der Waals surface area contributed by atoms with Gasteiger partial charge in [-0.2, -0.15) is 0 Å². The summed E-state index contributed by atoms with van der Waals surface area (Å²) in [5.41, 5.74) is 24.6. The highest BCUT2D eigenvalue weighted by molar-refractivity contribution is 9.10. The summed E-state index contributed by atoms with van der Waals surface area (Å²) < 4.78 is 13.7. The third-order valence-corrected chi connectivity index (χ3v) is 23.0. The summed E-state index contributed by atoms with van der Waals surface area (Å²) in [6.45, 7) is 8.37. The van der Waals surface area contributed by atoms with Crippen LogP contribution in [0.2, 0.25) is 0 Å². The lowest BCUT2D eigenvalue weighted by molar-refractivity contribution is 0.00578. The van der Waals surface area contributed by atoms with Crippen LogP contribution in [0.15, 0.2) is 381 Å². The van der Waals surface area contributed by atoms with E-state index in [-0.39, 0.29) is 33.2 Å². The van der Waals surface area contributed by atoms with E-state index in [1.165, 1.54) is 171 Å². The lowest BCUT2D eigenvalue weighted by atomic mass is 9.78. The lowest BCUT2D eigenvalue weighted by Gasteiger charge is -2.32. The van der Waals surface area contributed by atoms with E-state index in [0.29, 0.717) is 0 Å². The highest BCUT2D eigenvalue weighted by Crippen LogP contribution is 2.54. The van der Waals surface area contributed by atoms with Crippen LogP contribution in [-0.4, -0.2) is 18.3 Å². The minimum Gasteiger partial charge on any atom is -0.399 e. The Morgan fingerprint density at radius 2 is 0.518 bits per heavy atom. The molecule has 1 saturated heterocycles. The van der Waals surface area contributed by atoms with Crippen LogP contribution in [0.25, 0.3) is 143 Å². The number of hydrogen-bond acceptors (Lipinski definition) is 4. The van der Waals surface area contributed by atoms with Gasteiger partial charge in [-0.05, 0) is 238 Å². The molecule has 110 heavy (non-hydrogen) atoms. The Balaban J connectivity index is 0.000000126.